The summed E-state index contributed by atoms with van der Waals surface area (Å²) < 4.78 is 0. The van der Waals surface area contributed by atoms with Crippen molar-refractivity contribution < 1.29 is 14.7 Å². The number of hydrogen-bond acceptors (Lipinski definition) is 3. The van der Waals surface area contributed by atoms with E-state index in [4.69, 9.17) is 0 Å². The lowest BCUT2D eigenvalue weighted by molar-refractivity contribution is -0.144. The lowest BCUT2D eigenvalue weighted by atomic mass is 9.99. The van der Waals surface area contributed by atoms with Gasteiger partial charge in [0.05, 0.1) is 0 Å². The molecule has 2 aliphatic rings. The molecule has 2 aliphatic heterocycles. The minimum Gasteiger partial charge on any atom is -0.480 e. The van der Waals surface area contributed by atoms with Crippen LogP contribution < -0.4 is 0 Å². The monoisotopic (exact) mass is 283 g/mol. The van der Waals surface area contributed by atoms with Crippen LogP contribution in [-0.2, 0) is 4.79 Å². The van der Waals surface area contributed by atoms with Gasteiger partial charge in [-0.05, 0) is 31.7 Å². The van der Waals surface area contributed by atoms with E-state index in [1.54, 1.807) is 19.0 Å². The summed E-state index contributed by atoms with van der Waals surface area (Å²) in [5.74, 6) is -0.490. The van der Waals surface area contributed by atoms with Crippen molar-refractivity contribution in [1.29, 1.82) is 0 Å². The van der Waals surface area contributed by atoms with Crippen LogP contribution in [0.3, 0.4) is 0 Å². The molecule has 1 N–H and O–H groups in total. The quantitative estimate of drug-likeness (QED) is 0.819. The molecule has 6 heteroatoms. The maximum absolute atomic E-state index is 11.9. The average Bonchev–Trinajstić information content (AvgIpc) is 2.80. The predicted octanol–water partition coefficient (Wildman–Crippen LogP) is 0.927. The second kappa shape index (κ2) is 5.99. The fraction of sp³-hybridized carbons (Fsp3) is 0.857. The zero-order chi connectivity index (χ0) is 14.9. The van der Waals surface area contributed by atoms with Crippen molar-refractivity contribution in [3.05, 3.63) is 0 Å². The van der Waals surface area contributed by atoms with E-state index in [2.05, 4.69) is 4.90 Å². The van der Waals surface area contributed by atoms with E-state index in [1.165, 1.54) is 0 Å². The van der Waals surface area contributed by atoms with E-state index in [0.29, 0.717) is 6.04 Å². The highest BCUT2D eigenvalue weighted by Crippen LogP contribution is 2.30. The summed E-state index contributed by atoms with van der Waals surface area (Å²) in [5.41, 5.74) is 0. The van der Waals surface area contributed by atoms with Crippen LogP contribution in [0.25, 0.3) is 0 Å². The molecule has 2 saturated heterocycles. The molecule has 20 heavy (non-hydrogen) atoms. The summed E-state index contributed by atoms with van der Waals surface area (Å²) in [6.45, 7) is 4.33. The van der Waals surface area contributed by atoms with Crippen LogP contribution >= 0.6 is 0 Å². The van der Waals surface area contributed by atoms with Crippen molar-refractivity contribution in [3.63, 3.8) is 0 Å². The van der Waals surface area contributed by atoms with E-state index in [9.17, 15) is 14.7 Å². The minimum absolute atomic E-state index is 0.0491. The molecule has 0 radical (unpaired) electrons. The molecular formula is C14H25N3O3. The number of aliphatic carboxylic acids is 1. The summed E-state index contributed by atoms with van der Waals surface area (Å²) in [6.07, 6.45) is 2.69. The molecule has 6 nitrogen and oxygen atoms in total. The highest BCUT2D eigenvalue weighted by molar-refractivity contribution is 5.74. The summed E-state index contributed by atoms with van der Waals surface area (Å²) in [7, 11) is 3.52. The van der Waals surface area contributed by atoms with Crippen LogP contribution in [0.2, 0.25) is 0 Å². The van der Waals surface area contributed by atoms with Gasteiger partial charge < -0.3 is 14.9 Å². The van der Waals surface area contributed by atoms with Crippen LogP contribution in [0.5, 0.6) is 0 Å². The molecule has 0 spiro atoms. The topological polar surface area (TPSA) is 64.1 Å². The maximum Gasteiger partial charge on any atom is 0.321 e. The van der Waals surface area contributed by atoms with Crippen molar-refractivity contribution in [1.82, 2.24) is 14.7 Å². The Morgan fingerprint density at radius 2 is 1.70 bits per heavy atom. The van der Waals surface area contributed by atoms with Crippen molar-refractivity contribution in [2.45, 2.75) is 38.3 Å². The number of carbonyl (C=O) groups excluding carboxylic acids is 1. The van der Waals surface area contributed by atoms with Gasteiger partial charge in [0, 0.05) is 33.2 Å². The zero-order valence-corrected chi connectivity index (χ0v) is 12.6. The van der Waals surface area contributed by atoms with Gasteiger partial charge in [0.15, 0.2) is 0 Å². The number of likely N-dealkylation sites (tertiary alicyclic amines) is 2. The number of hydrogen-bond donors (Lipinski definition) is 1. The van der Waals surface area contributed by atoms with Gasteiger partial charge in [0.2, 0.25) is 0 Å². The lowest BCUT2D eigenvalue weighted by Gasteiger charge is -2.39. The fourth-order valence-electron chi connectivity index (χ4n) is 3.44. The lowest BCUT2D eigenvalue weighted by Crippen LogP contribution is -2.52. The van der Waals surface area contributed by atoms with Gasteiger partial charge in [0.1, 0.15) is 6.04 Å². The molecule has 2 fully saturated rings. The third kappa shape index (κ3) is 2.90. The van der Waals surface area contributed by atoms with E-state index in [0.717, 1.165) is 38.9 Å². The van der Waals surface area contributed by atoms with Crippen molar-refractivity contribution >= 4 is 12.0 Å². The van der Waals surface area contributed by atoms with Gasteiger partial charge in [-0.15, -0.1) is 0 Å². The molecule has 0 saturated carbocycles. The molecule has 0 aliphatic carbocycles. The van der Waals surface area contributed by atoms with Crippen molar-refractivity contribution in [2.24, 2.45) is 5.92 Å². The second-order valence-electron chi connectivity index (χ2n) is 6.18. The average molecular weight is 283 g/mol. The molecule has 0 aromatic carbocycles. The zero-order valence-electron chi connectivity index (χ0n) is 12.6. The Kier molecular flexibility index (Phi) is 4.52. The van der Waals surface area contributed by atoms with E-state index in [1.807, 2.05) is 11.8 Å². The highest BCUT2D eigenvalue weighted by atomic mass is 16.4. The third-order valence-electron chi connectivity index (χ3n) is 4.58. The SMILES string of the molecule is CC1CCN(C2CCN(C(=O)N(C)C)CC2)C1C(=O)O. The summed E-state index contributed by atoms with van der Waals surface area (Å²) in [4.78, 5) is 28.9. The Bertz CT molecular complexity index is 378. The predicted molar refractivity (Wildman–Crippen MR) is 75.6 cm³/mol. The van der Waals surface area contributed by atoms with Gasteiger partial charge in [-0.2, -0.15) is 0 Å². The third-order valence-corrected chi connectivity index (χ3v) is 4.58. The van der Waals surface area contributed by atoms with Crippen LogP contribution in [0, 0.1) is 5.92 Å². The normalized spacial score (nSPS) is 28.6. The molecular weight excluding hydrogens is 258 g/mol. The number of amides is 2. The van der Waals surface area contributed by atoms with Crippen LogP contribution in [0.4, 0.5) is 4.79 Å². The highest BCUT2D eigenvalue weighted by Gasteiger charge is 2.41. The van der Waals surface area contributed by atoms with Crippen molar-refractivity contribution in [3.8, 4) is 0 Å². The number of nitrogens with zero attached hydrogens (tertiary/aromatic N) is 3. The first kappa shape index (κ1) is 15.1. The smallest absolute Gasteiger partial charge is 0.321 e. The Labute approximate surface area is 120 Å². The van der Waals surface area contributed by atoms with Gasteiger partial charge in [0.25, 0.3) is 0 Å². The summed E-state index contributed by atoms with van der Waals surface area (Å²) in [5, 5.41) is 9.38. The van der Waals surface area contributed by atoms with Gasteiger partial charge in [-0.1, -0.05) is 6.92 Å². The number of urea groups is 1. The fourth-order valence-corrected chi connectivity index (χ4v) is 3.44. The first-order valence-corrected chi connectivity index (χ1v) is 7.36. The molecule has 2 amide bonds. The molecule has 0 aromatic rings. The van der Waals surface area contributed by atoms with E-state index < -0.39 is 5.97 Å². The second-order valence-corrected chi connectivity index (χ2v) is 6.18. The number of carbonyl (C=O) groups is 2. The van der Waals surface area contributed by atoms with Crippen molar-refractivity contribution in [2.75, 3.05) is 33.7 Å². The minimum atomic E-state index is -0.707. The summed E-state index contributed by atoms with van der Waals surface area (Å²) in [6, 6.07) is -0.00335. The number of piperidine rings is 1. The molecule has 2 heterocycles. The Balaban J connectivity index is 1.94. The Morgan fingerprint density at radius 3 is 2.20 bits per heavy atom. The molecule has 2 unspecified atom stereocenters. The van der Waals surface area contributed by atoms with Gasteiger partial charge >= 0.3 is 12.0 Å². The molecule has 114 valence electrons. The molecule has 0 bridgehead atoms. The number of carboxylic acids is 1. The first-order valence-electron chi connectivity index (χ1n) is 7.36. The van der Waals surface area contributed by atoms with E-state index in [-0.39, 0.29) is 18.0 Å². The molecule has 2 rings (SSSR count). The largest absolute Gasteiger partial charge is 0.480 e. The number of carboxylic acid groups (broad SMARTS) is 1. The Morgan fingerprint density at radius 1 is 1.10 bits per heavy atom. The first-order chi connectivity index (χ1) is 9.41. The van der Waals surface area contributed by atoms with Crippen LogP contribution in [0.1, 0.15) is 26.2 Å². The summed E-state index contributed by atoms with van der Waals surface area (Å²) >= 11 is 0. The maximum atomic E-state index is 11.9. The van der Waals surface area contributed by atoms with Gasteiger partial charge in [-0.3, -0.25) is 9.69 Å². The van der Waals surface area contributed by atoms with E-state index >= 15 is 0 Å². The molecule has 0 aromatic heterocycles. The van der Waals surface area contributed by atoms with Crippen LogP contribution in [-0.4, -0.2) is 77.6 Å². The molecule has 2 atom stereocenters. The van der Waals surface area contributed by atoms with Crippen LogP contribution in [0.15, 0.2) is 0 Å². The van der Waals surface area contributed by atoms with Gasteiger partial charge in [-0.25, -0.2) is 4.79 Å². The standard InChI is InChI=1S/C14H25N3O3/c1-10-4-9-17(12(10)13(18)19)11-5-7-16(8-6-11)14(20)15(2)3/h10-12H,4-9H2,1-3H3,(H,18,19). The number of rotatable bonds is 2. The Hall–Kier alpha value is -1.30.